The zero-order chi connectivity index (χ0) is 22.3. The minimum absolute atomic E-state index is 0.0681. The van der Waals surface area contributed by atoms with Crippen LogP contribution in [0.2, 0.25) is 0 Å². The molecule has 0 heterocycles. The van der Waals surface area contributed by atoms with E-state index in [0.717, 1.165) is 28.8 Å². The molecule has 0 atom stereocenters. The van der Waals surface area contributed by atoms with E-state index >= 15 is 0 Å². The number of halogens is 4. The highest BCUT2D eigenvalue weighted by Gasteiger charge is 2.39. The summed E-state index contributed by atoms with van der Waals surface area (Å²) in [4.78, 5) is 12.5. The van der Waals surface area contributed by atoms with Crippen molar-refractivity contribution in [1.82, 2.24) is 0 Å². The molecule has 0 unspecified atom stereocenters. The molecule has 0 saturated heterocycles. The first-order valence-electron chi connectivity index (χ1n) is 10.1. The lowest BCUT2D eigenvalue weighted by molar-refractivity contribution is -0.00181. The second-order valence-corrected chi connectivity index (χ2v) is 7.80. The van der Waals surface area contributed by atoms with Gasteiger partial charge in [-0.15, -0.1) is 0 Å². The first kappa shape index (κ1) is 21.1. The van der Waals surface area contributed by atoms with Gasteiger partial charge in [-0.05, 0) is 77.9 Å². The number of nitrogens with one attached hydrogen (secondary N) is 1. The number of anilines is 1. The van der Waals surface area contributed by atoms with E-state index in [1.165, 1.54) is 6.07 Å². The minimum Gasteiger partial charge on any atom is -0.322 e. The topological polar surface area (TPSA) is 29.1 Å². The van der Waals surface area contributed by atoms with Gasteiger partial charge in [0.1, 0.15) is 17.2 Å². The normalized spacial score (nSPS) is 14.4. The Balaban J connectivity index is 1.69. The van der Waals surface area contributed by atoms with Crippen LogP contribution in [0.5, 0.6) is 0 Å². The quantitative estimate of drug-likeness (QED) is 0.456. The van der Waals surface area contributed by atoms with Gasteiger partial charge in [0.25, 0.3) is 11.8 Å². The summed E-state index contributed by atoms with van der Waals surface area (Å²) < 4.78 is 56.3. The maximum absolute atomic E-state index is 14.2. The minimum atomic E-state index is -2.83. The van der Waals surface area contributed by atoms with Gasteiger partial charge in [0, 0.05) is 17.7 Å². The highest BCUT2D eigenvalue weighted by atomic mass is 19.3. The first-order valence-corrected chi connectivity index (χ1v) is 10.1. The van der Waals surface area contributed by atoms with Crippen molar-refractivity contribution in [3.63, 3.8) is 0 Å². The van der Waals surface area contributed by atoms with Crippen molar-refractivity contribution in [2.75, 3.05) is 5.32 Å². The Hall–Kier alpha value is -3.15. The fourth-order valence-electron chi connectivity index (χ4n) is 4.13. The average Bonchev–Trinajstić information content (AvgIpc) is 3.01. The molecule has 1 amide bonds. The third-order valence-electron chi connectivity index (χ3n) is 5.79. The number of carbonyl (C=O) groups is 1. The van der Waals surface area contributed by atoms with Crippen molar-refractivity contribution in [3.8, 4) is 11.1 Å². The highest BCUT2D eigenvalue weighted by Crippen LogP contribution is 2.44. The Bertz CT molecular complexity index is 1170. The van der Waals surface area contributed by atoms with Crippen LogP contribution >= 0.6 is 0 Å². The number of hydrogen-bond donors (Lipinski definition) is 1. The number of aryl methyl sites for hydroxylation is 3. The van der Waals surface area contributed by atoms with Gasteiger partial charge in [0.2, 0.25) is 0 Å². The van der Waals surface area contributed by atoms with Gasteiger partial charge in [-0.2, -0.15) is 0 Å². The van der Waals surface area contributed by atoms with E-state index in [2.05, 4.69) is 5.32 Å². The van der Waals surface area contributed by atoms with Crippen molar-refractivity contribution in [3.05, 3.63) is 88.0 Å². The predicted octanol–water partition coefficient (Wildman–Crippen LogP) is 6.79. The molecule has 0 saturated carbocycles. The molecular formula is C25H21F4NO. The van der Waals surface area contributed by atoms with Crippen molar-refractivity contribution < 1.29 is 22.4 Å². The molecule has 1 aliphatic rings. The zero-order valence-corrected chi connectivity index (χ0v) is 17.2. The van der Waals surface area contributed by atoms with Crippen LogP contribution in [0.3, 0.4) is 0 Å². The third kappa shape index (κ3) is 3.82. The molecule has 1 N–H and O–H groups in total. The van der Waals surface area contributed by atoms with Crippen LogP contribution in [-0.2, 0) is 18.8 Å². The fourth-order valence-corrected chi connectivity index (χ4v) is 4.13. The van der Waals surface area contributed by atoms with Gasteiger partial charge < -0.3 is 5.32 Å². The summed E-state index contributed by atoms with van der Waals surface area (Å²) in [5, 5.41) is 2.57. The molecule has 0 radical (unpaired) electrons. The number of amides is 1. The van der Waals surface area contributed by atoms with Crippen LogP contribution in [0.25, 0.3) is 11.1 Å². The monoisotopic (exact) mass is 427 g/mol. The summed E-state index contributed by atoms with van der Waals surface area (Å²) >= 11 is 0. The largest absolute Gasteiger partial charge is 0.322 e. The van der Waals surface area contributed by atoms with E-state index in [4.69, 9.17) is 0 Å². The summed E-state index contributed by atoms with van der Waals surface area (Å²) in [5.74, 6) is -5.60. The second kappa shape index (κ2) is 7.84. The van der Waals surface area contributed by atoms with Gasteiger partial charge in [-0.25, -0.2) is 17.6 Å². The van der Waals surface area contributed by atoms with E-state index < -0.39 is 29.0 Å². The smallest absolute Gasteiger partial charge is 0.273 e. The van der Waals surface area contributed by atoms with Crippen LogP contribution in [0.15, 0.2) is 48.5 Å². The molecule has 160 valence electrons. The molecule has 3 aromatic rings. The van der Waals surface area contributed by atoms with E-state index in [-0.39, 0.29) is 12.0 Å². The predicted molar refractivity (Wildman–Crippen MR) is 113 cm³/mol. The number of carbonyl (C=O) groups excluding carboxylic acids is 1. The van der Waals surface area contributed by atoms with Crippen molar-refractivity contribution in [2.45, 2.75) is 39.0 Å². The summed E-state index contributed by atoms with van der Waals surface area (Å²) in [7, 11) is 0. The molecule has 1 aliphatic carbocycles. The number of rotatable bonds is 4. The van der Waals surface area contributed by atoms with Gasteiger partial charge >= 0.3 is 0 Å². The molecule has 0 bridgehead atoms. The molecule has 0 spiro atoms. The summed E-state index contributed by atoms with van der Waals surface area (Å²) in [6, 6.07) is 11.8. The molecule has 31 heavy (non-hydrogen) atoms. The standard InChI is InChI=1S/C25H21F4NO/c1-3-15-12-16(18-13-19-17(11-14(18)2)9-10-25(19,28)29)7-8-22(15)30-24(31)23-20(26)5-4-6-21(23)27/h4-8,11-13H,3,9-10H2,1-2H3,(H,30,31). The zero-order valence-electron chi connectivity index (χ0n) is 17.2. The van der Waals surface area contributed by atoms with Gasteiger partial charge in [-0.3, -0.25) is 4.79 Å². The van der Waals surface area contributed by atoms with Gasteiger partial charge in [-0.1, -0.05) is 25.1 Å². The van der Waals surface area contributed by atoms with Crippen LogP contribution < -0.4 is 5.32 Å². The highest BCUT2D eigenvalue weighted by molar-refractivity contribution is 6.05. The number of hydrogen-bond acceptors (Lipinski definition) is 1. The molecule has 0 aliphatic heterocycles. The van der Waals surface area contributed by atoms with E-state index in [1.807, 2.05) is 26.0 Å². The lowest BCUT2D eigenvalue weighted by atomic mass is 9.93. The average molecular weight is 427 g/mol. The molecule has 0 aromatic heterocycles. The molecular weight excluding hydrogens is 406 g/mol. The van der Waals surface area contributed by atoms with Crippen molar-refractivity contribution >= 4 is 11.6 Å². The van der Waals surface area contributed by atoms with Crippen molar-refractivity contribution in [2.24, 2.45) is 0 Å². The number of fused-ring (bicyclic) bond motifs is 1. The SMILES string of the molecule is CCc1cc(-c2cc3c(cc2C)CCC3(F)F)ccc1NC(=O)c1c(F)cccc1F. The van der Waals surface area contributed by atoms with E-state index in [1.54, 1.807) is 18.2 Å². The molecule has 2 nitrogen and oxygen atoms in total. The fraction of sp³-hybridized carbons (Fsp3) is 0.240. The number of benzene rings is 3. The lowest BCUT2D eigenvalue weighted by Gasteiger charge is -2.16. The van der Waals surface area contributed by atoms with Gasteiger partial charge in [0.15, 0.2) is 0 Å². The van der Waals surface area contributed by atoms with Crippen LogP contribution in [-0.4, -0.2) is 5.91 Å². The van der Waals surface area contributed by atoms with E-state index in [0.29, 0.717) is 29.7 Å². The summed E-state index contributed by atoms with van der Waals surface area (Å²) in [6.45, 7) is 3.76. The van der Waals surface area contributed by atoms with Gasteiger partial charge in [0.05, 0.1) is 0 Å². The van der Waals surface area contributed by atoms with Crippen molar-refractivity contribution in [1.29, 1.82) is 0 Å². The molecule has 0 fully saturated rings. The summed E-state index contributed by atoms with van der Waals surface area (Å²) in [6.07, 6.45) is 0.716. The van der Waals surface area contributed by atoms with Crippen LogP contribution in [0.1, 0.15) is 46.0 Å². The Morgan fingerprint density at radius 3 is 2.45 bits per heavy atom. The third-order valence-corrected chi connectivity index (χ3v) is 5.79. The summed E-state index contributed by atoms with van der Waals surface area (Å²) in [5.41, 5.74) is 3.59. The molecule has 3 aromatic carbocycles. The van der Waals surface area contributed by atoms with Crippen LogP contribution in [0.4, 0.5) is 23.2 Å². The second-order valence-electron chi connectivity index (χ2n) is 7.80. The lowest BCUT2D eigenvalue weighted by Crippen LogP contribution is -2.16. The maximum Gasteiger partial charge on any atom is 0.273 e. The Morgan fingerprint density at radius 2 is 1.77 bits per heavy atom. The molecule has 6 heteroatoms. The Labute approximate surface area is 177 Å². The van der Waals surface area contributed by atoms with Crippen LogP contribution in [0, 0.1) is 18.6 Å². The Morgan fingerprint density at radius 1 is 1.06 bits per heavy atom. The first-order chi connectivity index (χ1) is 14.7. The number of alkyl halides is 2. The Kier molecular flexibility index (Phi) is 5.33. The maximum atomic E-state index is 14.2. The molecule has 4 rings (SSSR count). The van der Waals surface area contributed by atoms with E-state index in [9.17, 15) is 22.4 Å².